The first-order valence-corrected chi connectivity index (χ1v) is 20.1. The highest BCUT2D eigenvalue weighted by atomic mass is 28.3. The van der Waals surface area contributed by atoms with Crippen LogP contribution in [0.3, 0.4) is 0 Å². The van der Waals surface area contributed by atoms with Crippen molar-refractivity contribution in [3.63, 3.8) is 0 Å². The standard InChI is InChI=1S/C46H36N2O2Si/c1-3-51(4-2)43(45-47-37-29-35(25-27-39(37)49-45)31-17-9-5-10-18-31)41(33-21-13-7-14-22-33)42(34-23-15-8-16-24-34)44(51)46-48-38-30-36(26-28-40(38)50-46)32-19-11-6-12-20-32/h5-30H,3-4H2,1-2H3. The summed E-state index contributed by atoms with van der Waals surface area (Å²) in [6.07, 6.45) is 0. The lowest BCUT2D eigenvalue weighted by Crippen LogP contribution is -2.35. The Morgan fingerprint density at radius 1 is 0.412 bits per heavy atom. The monoisotopic (exact) mass is 676 g/mol. The Bertz CT molecular complexity index is 2400. The summed E-state index contributed by atoms with van der Waals surface area (Å²) in [5.41, 5.74) is 12.4. The van der Waals surface area contributed by atoms with Gasteiger partial charge in [-0.2, -0.15) is 0 Å². The van der Waals surface area contributed by atoms with E-state index in [1.807, 2.05) is 12.1 Å². The van der Waals surface area contributed by atoms with Crippen molar-refractivity contribution in [3.8, 4) is 22.3 Å². The molecule has 0 unspecified atom stereocenters. The fraction of sp³-hybridized carbons (Fsp3) is 0.0870. The largest absolute Gasteiger partial charge is 0.437 e. The van der Waals surface area contributed by atoms with Gasteiger partial charge in [-0.15, -0.1) is 0 Å². The van der Waals surface area contributed by atoms with Gasteiger partial charge >= 0.3 is 0 Å². The molecule has 8 aromatic rings. The van der Waals surface area contributed by atoms with Crippen LogP contribution in [0.2, 0.25) is 12.1 Å². The van der Waals surface area contributed by atoms with Gasteiger partial charge < -0.3 is 8.83 Å². The first-order chi connectivity index (χ1) is 25.2. The lowest BCUT2D eigenvalue weighted by Gasteiger charge is -2.29. The van der Waals surface area contributed by atoms with E-state index in [1.165, 1.54) is 10.4 Å². The smallest absolute Gasteiger partial charge is 0.220 e. The van der Waals surface area contributed by atoms with Crippen molar-refractivity contribution in [1.29, 1.82) is 0 Å². The predicted molar refractivity (Wildman–Crippen MR) is 212 cm³/mol. The minimum absolute atomic E-state index is 0.690. The second-order valence-corrected chi connectivity index (χ2v) is 17.7. The molecule has 0 saturated carbocycles. The number of allylic oxidation sites excluding steroid dienone is 2. The molecule has 9 rings (SSSR count). The average Bonchev–Trinajstić information content (AvgIpc) is 3.90. The molecule has 1 aliphatic rings. The Kier molecular flexibility index (Phi) is 7.71. The van der Waals surface area contributed by atoms with Gasteiger partial charge in [0, 0.05) is 10.4 Å². The van der Waals surface area contributed by atoms with E-state index < -0.39 is 8.07 Å². The molecule has 0 N–H and O–H groups in total. The van der Waals surface area contributed by atoms with Crippen molar-refractivity contribution in [2.45, 2.75) is 25.9 Å². The lowest BCUT2D eigenvalue weighted by molar-refractivity contribution is 0.585. The molecule has 0 saturated heterocycles. The van der Waals surface area contributed by atoms with Crippen molar-refractivity contribution in [2.75, 3.05) is 0 Å². The molecule has 51 heavy (non-hydrogen) atoms. The highest BCUT2D eigenvalue weighted by Crippen LogP contribution is 2.58. The Hall–Kier alpha value is -6.04. The molecule has 0 atom stereocenters. The van der Waals surface area contributed by atoms with Crippen molar-refractivity contribution in [1.82, 2.24) is 9.97 Å². The van der Waals surface area contributed by atoms with Crippen molar-refractivity contribution >= 4 is 51.8 Å². The fourth-order valence-corrected chi connectivity index (χ4v) is 12.6. The number of aromatic nitrogens is 2. The van der Waals surface area contributed by atoms with Crippen LogP contribution in [-0.2, 0) is 0 Å². The summed E-state index contributed by atoms with van der Waals surface area (Å²) >= 11 is 0. The van der Waals surface area contributed by atoms with Crippen LogP contribution in [0.25, 0.3) is 66.0 Å². The van der Waals surface area contributed by atoms with Crippen LogP contribution in [0.15, 0.2) is 167 Å². The van der Waals surface area contributed by atoms with Crippen molar-refractivity contribution in [3.05, 3.63) is 181 Å². The van der Waals surface area contributed by atoms with Crippen LogP contribution < -0.4 is 0 Å². The highest BCUT2D eigenvalue weighted by Gasteiger charge is 2.51. The molecule has 0 amide bonds. The van der Waals surface area contributed by atoms with Gasteiger partial charge in [-0.05, 0) is 68.8 Å². The molecule has 3 heterocycles. The summed E-state index contributed by atoms with van der Waals surface area (Å²) in [6.45, 7) is 4.64. The van der Waals surface area contributed by atoms with Gasteiger partial charge in [0.05, 0.1) is 0 Å². The maximum Gasteiger partial charge on any atom is 0.220 e. The summed E-state index contributed by atoms with van der Waals surface area (Å²) in [5, 5.41) is 2.41. The van der Waals surface area contributed by atoms with Crippen LogP contribution in [0, 0.1) is 0 Å². The van der Waals surface area contributed by atoms with Gasteiger partial charge in [0.25, 0.3) is 0 Å². The van der Waals surface area contributed by atoms with Crippen LogP contribution in [0.5, 0.6) is 0 Å². The Labute approximate surface area is 298 Å². The second-order valence-electron chi connectivity index (χ2n) is 13.2. The molecule has 4 nitrogen and oxygen atoms in total. The zero-order valence-electron chi connectivity index (χ0n) is 28.6. The van der Waals surface area contributed by atoms with Crippen molar-refractivity contribution < 1.29 is 8.83 Å². The van der Waals surface area contributed by atoms with Gasteiger partial charge in [0.2, 0.25) is 11.8 Å². The molecule has 5 heteroatoms. The van der Waals surface area contributed by atoms with E-state index in [2.05, 4.69) is 159 Å². The summed E-state index contributed by atoms with van der Waals surface area (Å²) in [4.78, 5) is 10.6. The number of nitrogens with zero attached hydrogens (tertiary/aromatic N) is 2. The molecule has 0 fully saturated rings. The minimum Gasteiger partial charge on any atom is -0.437 e. The molecular formula is C46H36N2O2Si. The first kappa shape index (κ1) is 31.0. The normalized spacial score (nSPS) is 14.2. The average molecular weight is 677 g/mol. The number of oxazole rings is 2. The second kappa shape index (κ2) is 12.7. The fourth-order valence-electron chi connectivity index (χ4n) is 7.91. The maximum atomic E-state index is 6.83. The van der Waals surface area contributed by atoms with E-state index in [0.29, 0.717) is 11.8 Å². The molecule has 0 aliphatic carbocycles. The summed E-state index contributed by atoms with van der Waals surface area (Å²) in [6, 6.07) is 56.9. The summed E-state index contributed by atoms with van der Waals surface area (Å²) in [7, 11) is -2.65. The molecular weight excluding hydrogens is 641 g/mol. The number of rotatable bonds is 8. The quantitative estimate of drug-likeness (QED) is 0.150. The van der Waals surface area contributed by atoms with Gasteiger partial charge in [-0.1, -0.05) is 159 Å². The van der Waals surface area contributed by atoms with Gasteiger partial charge in [0.1, 0.15) is 19.1 Å². The zero-order chi connectivity index (χ0) is 34.4. The van der Waals surface area contributed by atoms with Crippen LogP contribution >= 0.6 is 0 Å². The van der Waals surface area contributed by atoms with E-state index in [-0.39, 0.29) is 0 Å². The Balaban J connectivity index is 1.31. The summed E-state index contributed by atoms with van der Waals surface area (Å²) in [5.74, 6) is 1.38. The van der Waals surface area contributed by atoms with E-state index >= 15 is 0 Å². The Morgan fingerprint density at radius 2 is 0.765 bits per heavy atom. The van der Waals surface area contributed by atoms with E-state index in [1.54, 1.807) is 0 Å². The minimum atomic E-state index is -2.65. The number of hydrogen-bond donors (Lipinski definition) is 0. The van der Waals surface area contributed by atoms with Crippen LogP contribution in [0.4, 0.5) is 0 Å². The van der Waals surface area contributed by atoms with Crippen LogP contribution in [0.1, 0.15) is 36.8 Å². The topological polar surface area (TPSA) is 52.1 Å². The third-order valence-electron chi connectivity index (χ3n) is 10.5. The lowest BCUT2D eigenvalue weighted by atomic mass is 9.91. The zero-order valence-corrected chi connectivity index (χ0v) is 29.6. The van der Waals surface area contributed by atoms with Crippen LogP contribution in [-0.4, -0.2) is 18.0 Å². The summed E-state index contributed by atoms with van der Waals surface area (Å²) < 4.78 is 13.7. The molecule has 0 radical (unpaired) electrons. The molecule has 6 aromatic carbocycles. The number of benzene rings is 6. The van der Waals surface area contributed by atoms with Gasteiger partial charge in [-0.25, -0.2) is 9.97 Å². The predicted octanol–water partition coefficient (Wildman–Crippen LogP) is 12.4. The molecule has 246 valence electrons. The molecule has 0 bridgehead atoms. The highest BCUT2D eigenvalue weighted by molar-refractivity contribution is 7.14. The number of hydrogen-bond acceptors (Lipinski definition) is 4. The third-order valence-corrected chi connectivity index (χ3v) is 15.7. The van der Waals surface area contributed by atoms with Crippen molar-refractivity contribution in [2.24, 2.45) is 0 Å². The first-order valence-electron chi connectivity index (χ1n) is 17.7. The van der Waals surface area contributed by atoms with E-state index in [9.17, 15) is 0 Å². The number of fused-ring (bicyclic) bond motifs is 2. The van der Waals surface area contributed by atoms with Gasteiger partial charge in [0.15, 0.2) is 11.2 Å². The molecule has 2 aromatic heterocycles. The van der Waals surface area contributed by atoms with Gasteiger partial charge in [-0.3, -0.25) is 0 Å². The Morgan fingerprint density at radius 3 is 1.12 bits per heavy atom. The molecule has 1 aliphatic heterocycles. The third kappa shape index (κ3) is 5.20. The SMILES string of the molecule is CC[Si]1(CC)C(c2nc3cc(-c4ccccc4)ccc3o2)=C(c2ccccc2)C(c2ccccc2)=C1c1nc2cc(-c3ccccc3)ccc2o1. The van der Waals surface area contributed by atoms with E-state index in [0.717, 1.165) is 78.8 Å². The van der Waals surface area contributed by atoms with E-state index in [4.69, 9.17) is 18.8 Å². The molecule has 0 spiro atoms. The maximum absolute atomic E-state index is 6.83.